The van der Waals surface area contributed by atoms with Crippen molar-refractivity contribution in [2.75, 3.05) is 6.54 Å². The van der Waals surface area contributed by atoms with Gasteiger partial charge in [-0.15, -0.1) is 23.1 Å². The van der Waals surface area contributed by atoms with Crippen molar-refractivity contribution in [2.24, 2.45) is 23.2 Å². The molecule has 2 N–H and O–H groups in total. The Morgan fingerprint density at radius 3 is 2.52 bits per heavy atom. The largest absolute Gasteiger partial charge is 0.355 e. The van der Waals surface area contributed by atoms with E-state index in [1.165, 1.54) is 50.3 Å². The molecule has 0 aromatic carbocycles. The van der Waals surface area contributed by atoms with Gasteiger partial charge in [-0.1, -0.05) is 0 Å². The zero-order chi connectivity index (χ0) is 21.8. The summed E-state index contributed by atoms with van der Waals surface area (Å²) in [7, 11) is 0. The van der Waals surface area contributed by atoms with Gasteiger partial charge >= 0.3 is 0 Å². The second kappa shape index (κ2) is 8.22. The van der Waals surface area contributed by atoms with Gasteiger partial charge in [0.1, 0.15) is 10.7 Å². The summed E-state index contributed by atoms with van der Waals surface area (Å²) in [4.78, 5) is 34.5. The Bertz CT molecular complexity index is 1020. The van der Waals surface area contributed by atoms with E-state index in [2.05, 4.69) is 15.3 Å². The number of amides is 1. The number of nitrogens with zero attached hydrogens (tertiary/aromatic N) is 1. The number of nitrogens with one attached hydrogen (secondary N) is 2. The van der Waals surface area contributed by atoms with Crippen molar-refractivity contribution in [1.82, 2.24) is 15.3 Å². The van der Waals surface area contributed by atoms with Crippen molar-refractivity contribution in [2.45, 2.75) is 76.7 Å². The van der Waals surface area contributed by atoms with E-state index in [1.807, 2.05) is 20.8 Å². The van der Waals surface area contributed by atoms with Gasteiger partial charge in [-0.25, -0.2) is 4.98 Å². The normalized spacial score (nSPS) is 30.1. The third kappa shape index (κ3) is 4.20. The predicted molar refractivity (Wildman–Crippen MR) is 129 cm³/mol. The first kappa shape index (κ1) is 21.5. The second-order valence-corrected chi connectivity index (χ2v) is 12.9. The van der Waals surface area contributed by atoms with Crippen molar-refractivity contribution >= 4 is 39.2 Å². The Morgan fingerprint density at radius 1 is 1.23 bits per heavy atom. The maximum Gasteiger partial charge on any atom is 0.259 e. The van der Waals surface area contributed by atoms with Gasteiger partial charge in [-0.3, -0.25) is 9.59 Å². The fraction of sp³-hybridized carbons (Fsp3) is 0.708. The quantitative estimate of drug-likeness (QED) is 0.615. The van der Waals surface area contributed by atoms with Crippen LogP contribution in [-0.4, -0.2) is 27.7 Å². The molecule has 1 atom stereocenters. The van der Waals surface area contributed by atoms with E-state index in [1.54, 1.807) is 11.3 Å². The van der Waals surface area contributed by atoms with Crippen LogP contribution >= 0.6 is 23.1 Å². The minimum atomic E-state index is -0.163. The monoisotopic (exact) mass is 459 g/mol. The van der Waals surface area contributed by atoms with Gasteiger partial charge in [-0.05, 0) is 94.4 Å². The van der Waals surface area contributed by atoms with Gasteiger partial charge in [0.25, 0.3) is 5.56 Å². The highest BCUT2D eigenvalue weighted by atomic mass is 32.2. The zero-order valence-electron chi connectivity index (χ0n) is 18.8. The highest BCUT2D eigenvalue weighted by molar-refractivity contribution is 7.99. The van der Waals surface area contributed by atoms with E-state index in [0.29, 0.717) is 22.4 Å². The van der Waals surface area contributed by atoms with Crippen LogP contribution in [0, 0.1) is 37.0 Å². The third-order valence-corrected chi connectivity index (χ3v) is 10.3. The number of fused-ring (bicyclic) bond motifs is 1. The van der Waals surface area contributed by atoms with E-state index in [0.717, 1.165) is 46.0 Å². The molecule has 2 aromatic rings. The summed E-state index contributed by atoms with van der Waals surface area (Å²) in [5.41, 5.74) is 1.45. The molecular formula is C24H33N3O2S2. The second-order valence-electron chi connectivity index (χ2n) is 10.4. The Kier molecular flexibility index (Phi) is 5.70. The number of hydrogen-bond acceptors (Lipinski definition) is 5. The lowest BCUT2D eigenvalue weighted by molar-refractivity contribution is -0.120. The first-order valence-electron chi connectivity index (χ1n) is 11.7. The number of hydrogen-bond donors (Lipinski definition) is 2. The molecular weight excluding hydrogens is 426 g/mol. The SMILES string of the molecule is Cc1sc2nc(CSC(C)C(=O)NCCC34CC5CC(CC(C5)C3)C4)[nH]c(=O)c2c1C. The number of H-pyrrole nitrogens is 1. The number of rotatable bonds is 7. The lowest BCUT2D eigenvalue weighted by Crippen LogP contribution is -2.47. The van der Waals surface area contributed by atoms with Crippen LogP contribution in [0.3, 0.4) is 0 Å². The number of carbonyl (C=O) groups is 1. The number of thioether (sulfide) groups is 1. The van der Waals surface area contributed by atoms with Crippen LogP contribution in [-0.2, 0) is 10.5 Å². The summed E-state index contributed by atoms with van der Waals surface area (Å²) in [5.74, 6) is 4.15. The minimum Gasteiger partial charge on any atom is -0.355 e. The van der Waals surface area contributed by atoms with Crippen molar-refractivity contribution in [3.8, 4) is 0 Å². The maximum atomic E-state index is 12.7. The summed E-state index contributed by atoms with van der Waals surface area (Å²) in [6.45, 7) is 6.73. The average molecular weight is 460 g/mol. The van der Waals surface area contributed by atoms with Crippen molar-refractivity contribution in [1.29, 1.82) is 0 Å². The third-order valence-electron chi connectivity index (χ3n) is 8.05. The van der Waals surface area contributed by atoms with E-state index >= 15 is 0 Å². The molecule has 7 heteroatoms. The Labute approximate surface area is 192 Å². The molecule has 2 heterocycles. The molecule has 4 saturated carbocycles. The first-order valence-corrected chi connectivity index (χ1v) is 13.6. The smallest absolute Gasteiger partial charge is 0.259 e. The van der Waals surface area contributed by atoms with E-state index in [9.17, 15) is 9.59 Å². The molecule has 31 heavy (non-hydrogen) atoms. The van der Waals surface area contributed by atoms with Crippen molar-refractivity contribution in [3.63, 3.8) is 0 Å². The number of thiophene rings is 1. The van der Waals surface area contributed by atoms with Crippen LogP contribution in [0.15, 0.2) is 4.79 Å². The molecule has 4 bridgehead atoms. The molecule has 5 nitrogen and oxygen atoms in total. The molecule has 0 spiro atoms. The van der Waals surface area contributed by atoms with Crippen LogP contribution in [0.1, 0.15) is 68.1 Å². The van der Waals surface area contributed by atoms with Gasteiger partial charge in [0.2, 0.25) is 5.91 Å². The molecule has 0 aliphatic heterocycles. The molecule has 1 unspecified atom stereocenters. The fourth-order valence-corrected chi connectivity index (χ4v) is 8.67. The summed E-state index contributed by atoms with van der Waals surface area (Å²) >= 11 is 3.10. The highest BCUT2D eigenvalue weighted by Gasteiger charge is 2.50. The van der Waals surface area contributed by atoms with Crippen LogP contribution in [0.2, 0.25) is 0 Å². The standard InChI is InChI=1S/C24H33N3O2S2/c1-13-14(2)31-23-20(13)22(29)26-19(27-23)12-30-15(3)21(28)25-5-4-24-9-16-6-17(10-24)8-18(7-16)11-24/h15-18H,4-12H2,1-3H3,(H,25,28)(H,26,27,29). The van der Waals surface area contributed by atoms with Gasteiger partial charge in [0, 0.05) is 11.4 Å². The van der Waals surface area contributed by atoms with E-state index < -0.39 is 0 Å². The summed E-state index contributed by atoms with van der Waals surface area (Å²) in [6.07, 6.45) is 9.71. The number of aryl methyl sites for hydroxylation is 2. The lowest BCUT2D eigenvalue weighted by atomic mass is 9.49. The molecule has 4 fully saturated rings. The molecule has 1 amide bonds. The average Bonchev–Trinajstić information content (AvgIpc) is 2.99. The zero-order valence-corrected chi connectivity index (χ0v) is 20.4. The van der Waals surface area contributed by atoms with Crippen molar-refractivity contribution < 1.29 is 4.79 Å². The van der Waals surface area contributed by atoms with Gasteiger partial charge in [0.15, 0.2) is 0 Å². The summed E-state index contributed by atoms with van der Waals surface area (Å²) < 4.78 is 0. The molecule has 2 aromatic heterocycles. The molecule has 4 aliphatic carbocycles. The van der Waals surface area contributed by atoms with E-state index in [4.69, 9.17) is 0 Å². The molecule has 0 radical (unpaired) electrons. The predicted octanol–water partition coefficient (Wildman–Crippen LogP) is 4.95. The Morgan fingerprint density at radius 2 is 1.87 bits per heavy atom. The van der Waals surface area contributed by atoms with Crippen LogP contribution in [0.4, 0.5) is 0 Å². The summed E-state index contributed by atoms with van der Waals surface area (Å²) in [5, 5.41) is 3.73. The topological polar surface area (TPSA) is 74.8 Å². The van der Waals surface area contributed by atoms with Gasteiger partial charge in [0.05, 0.1) is 16.4 Å². The Hall–Kier alpha value is -1.34. The minimum absolute atomic E-state index is 0.0740. The van der Waals surface area contributed by atoms with Crippen LogP contribution < -0.4 is 10.9 Å². The lowest BCUT2D eigenvalue weighted by Gasteiger charge is -2.57. The Balaban J connectivity index is 1.13. The highest BCUT2D eigenvalue weighted by Crippen LogP contribution is 2.61. The molecule has 4 aliphatic rings. The number of aromatic amines is 1. The maximum absolute atomic E-state index is 12.7. The molecule has 168 valence electrons. The van der Waals surface area contributed by atoms with Gasteiger partial charge in [-0.2, -0.15) is 0 Å². The van der Waals surface area contributed by atoms with Crippen LogP contribution in [0.5, 0.6) is 0 Å². The van der Waals surface area contributed by atoms with Crippen molar-refractivity contribution in [3.05, 3.63) is 26.6 Å². The van der Waals surface area contributed by atoms with Crippen LogP contribution in [0.25, 0.3) is 10.2 Å². The molecule has 6 rings (SSSR count). The number of aromatic nitrogens is 2. The summed E-state index contributed by atoms with van der Waals surface area (Å²) in [6, 6.07) is 0. The first-order chi connectivity index (χ1) is 14.8. The van der Waals surface area contributed by atoms with E-state index in [-0.39, 0.29) is 16.7 Å². The van der Waals surface area contributed by atoms with Gasteiger partial charge < -0.3 is 10.3 Å². The molecule has 0 saturated heterocycles. The fourth-order valence-electron chi connectivity index (χ4n) is 6.84. The number of carbonyl (C=O) groups excluding carboxylic acids is 1.